The van der Waals surface area contributed by atoms with E-state index in [1.165, 1.54) is 302 Å². The van der Waals surface area contributed by atoms with Crippen molar-refractivity contribution in [3.05, 3.63) is 36.5 Å². The highest BCUT2D eigenvalue weighted by Gasteiger charge is 2.19. The number of hydrogen-bond donors (Lipinski definition) is 0. The lowest BCUT2D eigenvalue weighted by Crippen LogP contribution is -2.30. The second-order valence-corrected chi connectivity index (χ2v) is 24.9. The SMILES string of the molecule is CCCCCCC/C=C\C/C=C\CCCCCCCCCCCCCCCCCC(=O)OCC(COC(=O)CCCCCCCCCCCCCCCCCCCC)OC(=O)CCCCCCCCC/C=C\CCCCCCCCC. The number of unbranched alkanes of at least 4 members (excludes halogenated alkanes) is 51. The van der Waals surface area contributed by atoms with Gasteiger partial charge in [-0.25, -0.2) is 0 Å². The van der Waals surface area contributed by atoms with E-state index in [0.29, 0.717) is 19.3 Å². The molecule has 1 atom stereocenters. The fourth-order valence-corrected chi connectivity index (χ4v) is 11.1. The summed E-state index contributed by atoms with van der Waals surface area (Å²) in [4.78, 5) is 38.5. The molecular formula is C75H140O6. The van der Waals surface area contributed by atoms with Crippen LogP contribution in [0.25, 0.3) is 0 Å². The zero-order chi connectivity index (χ0) is 58.5. The Labute approximate surface area is 506 Å². The summed E-state index contributed by atoms with van der Waals surface area (Å²) in [7, 11) is 0. The number of carbonyl (C=O) groups is 3. The number of carbonyl (C=O) groups excluding carboxylic acids is 3. The maximum Gasteiger partial charge on any atom is 0.306 e. The summed E-state index contributed by atoms with van der Waals surface area (Å²) >= 11 is 0. The molecule has 0 aliphatic heterocycles. The van der Waals surface area contributed by atoms with Crippen LogP contribution in [-0.2, 0) is 28.6 Å². The molecule has 0 amide bonds. The molecule has 0 N–H and O–H groups in total. The monoisotopic (exact) mass is 1140 g/mol. The molecule has 0 heterocycles. The first-order chi connectivity index (χ1) is 40.0. The van der Waals surface area contributed by atoms with Crippen molar-refractivity contribution >= 4 is 17.9 Å². The van der Waals surface area contributed by atoms with Crippen LogP contribution in [-0.4, -0.2) is 37.2 Å². The van der Waals surface area contributed by atoms with Crippen LogP contribution < -0.4 is 0 Å². The molecule has 1 unspecified atom stereocenters. The first-order valence-electron chi connectivity index (χ1n) is 36.5. The molecule has 0 aromatic rings. The van der Waals surface area contributed by atoms with Crippen molar-refractivity contribution in [1.29, 1.82) is 0 Å². The molecule has 0 aromatic carbocycles. The van der Waals surface area contributed by atoms with Crippen molar-refractivity contribution in [1.82, 2.24) is 0 Å². The van der Waals surface area contributed by atoms with Crippen LogP contribution in [0.15, 0.2) is 36.5 Å². The van der Waals surface area contributed by atoms with E-state index in [1.54, 1.807) is 0 Å². The third-order valence-electron chi connectivity index (χ3n) is 16.6. The number of ether oxygens (including phenoxy) is 3. The lowest BCUT2D eigenvalue weighted by Gasteiger charge is -2.18. The van der Waals surface area contributed by atoms with Crippen LogP contribution >= 0.6 is 0 Å². The van der Waals surface area contributed by atoms with Crippen LogP contribution in [0.2, 0.25) is 0 Å². The number of allylic oxidation sites excluding steroid dienone is 6. The highest BCUT2D eigenvalue weighted by molar-refractivity contribution is 5.71. The molecular weight excluding hydrogens is 997 g/mol. The van der Waals surface area contributed by atoms with Crippen molar-refractivity contribution in [2.24, 2.45) is 0 Å². The third-order valence-corrected chi connectivity index (χ3v) is 16.6. The van der Waals surface area contributed by atoms with Gasteiger partial charge in [0.15, 0.2) is 6.10 Å². The van der Waals surface area contributed by atoms with Gasteiger partial charge in [0, 0.05) is 19.3 Å². The third kappa shape index (κ3) is 68.3. The highest BCUT2D eigenvalue weighted by atomic mass is 16.6. The Morgan fingerprint density at radius 2 is 0.444 bits per heavy atom. The minimum Gasteiger partial charge on any atom is -0.462 e. The van der Waals surface area contributed by atoms with Crippen LogP contribution in [0.4, 0.5) is 0 Å². The maximum absolute atomic E-state index is 13.0. The Hall–Kier alpha value is -2.37. The fraction of sp³-hybridized carbons (Fsp3) is 0.880. The van der Waals surface area contributed by atoms with Crippen molar-refractivity contribution in [2.45, 2.75) is 412 Å². The van der Waals surface area contributed by atoms with Crippen molar-refractivity contribution in [3.8, 4) is 0 Å². The van der Waals surface area contributed by atoms with Gasteiger partial charge in [-0.05, 0) is 77.0 Å². The Bertz CT molecular complexity index is 1350. The lowest BCUT2D eigenvalue weighted by atomic mass is 10.0. The van der Waals surface area contributed by atoms with Gasteiger partial charge in [0.25, 0.3) is 0 Å². The predicted molar refractivity (Wildman–Crippen MR) is 353 cm³/mol. The molecule has 81 heavy (non-hydrogen) atoms. The van der Waals surface area contributed by atoms with Gasteiger partial charge < -0.3 is 14.2 Å². The summed E-state index contributed by atoms with van der Waals surface area (Å²) in [6.45, 7) is 6.71. The number of hydrogen-bond acceptors (Lipinski definition) is 6. The standard InChI is InChI=1S/C75H140O6/c1-4-7-10-13-16-19-22-25-28-31-34-35-36-37-38-39-40-41-42-45-47-50-53-56-59-62-65-68-74(77)80-71-72(81-75(78)69-66-63-60-57-54-51-48-44-33-30-27-24-21-18-15-12-9-6-3)70-79-73(76)67-64-61-58-55-52-49-46-43-32-29-26-23-20-17-14-11-8-5-2/h22,25,30-31,33-34,72H,4-21,23-24,26-29,32,35-71H2,1-3H3/b25-22-,33-30-,34-31-. The number of esters is 3. The second kappa shape index (κ2) is 70.1. The molecule has 0 saturated carbocycles. The topological polar surface area (TPSA) is 78.9 Å². The molecule has 6 nitrogen and oxygen atoms in total. The smallest absolute Gasteiger partial charge is 0.306 e. The van der Waals surface area contributed by atoms with E-state index >= 15 is 0 Å². The largest absolute Gasteiger partial charge is 0.462 e. The van der Waals surface area contributed by atoms with Crippen LogP contribution in [0, 0.1) is 0 Å². The first kappa shape index (κ1) is 78.6. The molecule has 0 bridgehead atoms. The van der Waals surface area contributed by atoms with Crippen LogP contribution in [0.5, 0.6) is 0 Å². The summed E-state index contributed by atoms with van der Waals surface area (Å²) in [5.74, 6) is -0.840. The zero-order valence-corrected chi connectivity index (χ0v) is 54.8. The second-order valence-electron chi connectivity index (χ2n) is 24.9. The molecule has 0 aromatic heterocycles. The molecule has 0 rings (SSSR count). The quantitative estimate of drug-likeness (QED) is 0.0261. The Kier molecular flexibility index (Phi) is 68.1. The molecule has 476 valence electrons. The van der Waals surface area contributed by atoms with Crippen LogP contribution in [0.1, 0.15) is 406 Å². The van der Waals surface area contributed by atoms with E-state index in [0.717, 1.165) is 64.2 Å². The number of rotatable bonds is 68. The van der Waals surface area contributed by atoms with Crippen molar-refractivity contribution in [3.63, 3.8) is 0 Å². The lowest BCUT2D eigenvalue weighted by molar-refractivity contribution is -0.167. The van der Waals surface area contributed by atoms with Gasteiger partial charge in [0.2, 0.25) is 0 Å². The summed E-state index contributed by atoms with van der Waals surface area (Å²) < 4.78 is 17.0. The van der Waals surface area contributed by atoms with Gasteiger partial charge in [-0.3, -0.25) is 14.4 Å². The normalized spacial score (nSPS) is 12.2. The maximum atomic E-state index is 13.0. The van der Waals surface area contributed by atoms with Gasteiger partial charge in [0.05, 0.1) is 0 Å². The van der Waals surface area contributed by atoms with Crippen molar-refractivity contribution < 1.29 is 28.6 Å². The van der Waals surface area contributed by atoms with Gasteiger partial charge in [-0.1, -0.05) is 346 Å². The molecule has 6 heteroatoms. The first-order valence-corrected chi connectivity index (χ1v) is 36.5. The summed E-state index contributed by atoms with van der Waals surface area (Å²) in [5, 5.41) is 0. The minimum atomic E-state index is -0.773. The Morgan fingerprint density at radius 1 is 0.247 bits per heavy atom. The molecule has 0 saturated heterocycles. The molecule has 0 radical (unpaired) electrons. The van der Waals surface area contributed by atoms with E-state index in [9.17, 15) is 14.4 Å². The van der Waals surface area contributed by atoms with Gasteiger partial charge in [-0.2, -0.15) is 0 Å². The van der Waals surface area contributed by atoms with Gasteiger partial charge in [0.1, 0.15) is 13.2 Å². The van der Waals surface area contributed by atoms with E-state index in [-0.39, 0.29) is 31.1 Å². The minimum absolute atomic E-state index is 0.0679. The van der Waals surface area contributed by atoms with E-state index in [4.69, 9.17) is 14.2 Å². The van der Waals surface area contributed by atoms with Crippen molar-refractivity contribution in [2.75, 3.05) is 13.2 Å². The summed E-state index contributed by atoms with van der Waals surface area (Å²) in [6.07, 6.45) is 87.4. The van der Waals surface area contributed by atoms with E-state index in [2.05, 4.69) is 57.2 Å². The molecule has 0 spiro atoms. The fourth-order valence-electron chi connectivity index (χ4n) is 11.1. The zero-order valence-electron chi connectivity index (χ0n) is 54.8. The van der Waals surface area contributed by atoms with E-state index < -0.39 is 6.10 Å². The average Bonchev–Trinajstić information content (AvgIpc) is 3.47. The molecule has 0 aliphatic carbocycles. The molecule has 0 aliphatic rings. The average molecular weight is 1140 g/mol. The summed E-state index contributed by atoms with van der Waals surface area (Å²) in [6, 6.07) is 0. The van der Waals surface area contributed by atoms with Gasteiger partial charge >= 0.3 is 17.9 Å². The van der Waals surface area contributed by atoms with Crippen LogP contribution in [0.3, 0.4) is 0 Å². The molecule has 0 fully saturated rings. The summed E-state index contributed by atoms with van der Waals surface area (Å²) in [5.41, 5.74) is 0. The van der Waals surface area contributed by atoms with E-state index in [1.807, 2.05) is 0 Å². The Morgan fingerprint density at radius 3 is 0.691 bits per heavy atom. The van der Waals surface area contributed by atoms with Gasteiger partial charge in [-0.15, -0.1) is 0 Å². The highest BCUT2D eigenvalue weighted by Crippen LogP contribution is 2.19. The predicted octanol–water partition coefficient (Wildman–Crippen LogP) is 25.1. The Balaban J connectivity index is 4.26.